The van der Waals surface area contributed by atoms with Gasteiger partial charge in [0.05, 0.1) is 6.54 Å². The van der Waals surface area contributed by atoms with E-state index in [1.165, 1.54) is 16.8 Å². The first-order valence-electron chi connectivity index (χ1n) is 9.10. The van der Waals surface area contributed by atoms with Crippen molar-refractivity contribution >= 4 is 11.6 Å². The van der Waals surface area contributed by atoms with Crippen LogP contribution in [0.25, 0.3) is 0 Å². The van der Waals surface area contributed by atoms with Gasteiger partial charge in [0.15, 0.2) is 5.76 Å². The third kappa shape index (κ3) is 4.17. The number of furan rings is 1. The van der Waals surface area contributed by atoms with Crippen molar-refractivity contribution in [2.24, 2.45) is 0 Å². The third-order valence-corrected chi connectivity index (χ3v) is 4.96. The highest BCUT2D eigenvalue weighted by molar-refractivity contribution is 5.91. The lowest BCUT2D eigenvalue weighted by molar-refractivity contribution is 0.0926. The van der Waals surface area contributed by atoms with Crippen LogP contribution in [0.2, 0.25) is 0 Å². The van der Waals surface area contributed by atoms with E-state index in [-0.39, 0.29) is 5.91 Å². The molecule has 1 amide bonds. The van der Waals surface area contributed by atoms with Gasteiger partial charge >= 0.3 is 0 Å². The molecule has 5 nitrogen and oxygen atoms in total. The summed E-state index contributed by atoms with van der Waals surface area (Å²) in [7, 11) is 0. The fraction of sp³-hybridized carbons (Fsp3) is 0.381. The monoisotopic (exact) mass is 353 g/mol. The van der Waals surface area contributed by atoms with E-state index in [1.807, 2.05) is 6.07 Å². The van der Waals surface area contributed by atoms with Crippen molar-refractivity contribution in [2.45, 2.75) is 20.4 Å². The van der Waals surface area contributed by atoms with Gasteiger partial charge in [-0.15, -0.1) is 6.58 Å². The molecule has 0 radical (unpaired) electrons. The van der Waals surface area contributed by atoms with Crippen LogP contribution in [0, 0.1) is 13.8 Å². The highest BCUT2D eigenvalue weighted by atomic mass is 16.4. The molecular formula is C21H27N3O2. The maximum Gasteiger partial charge on any atom is 0.287 e. The van der Waals surface area contributed by atoms with Gasteiger partial charge < -0.3 is 14.6 Å². The first-order chi connectivity index (χ1) is 12.6. The van der Waals surface area contributed by atoms with Crippen LogP contribution in [-0.2, 0) is 6.54 Å². The zero-order valence-electron chi connectivity index (χ0n) is 15.6. The molecule has 0 spiro atoms. The molecule has 138 valence electrons. The predicted molar refractivity (Wildman–Crippen MR) is 105 cm³/mol. The van der Waals surface area contributed by atoms with Crippen LogP contribution in [0.15, 0.2) is 47.4 Å². The van der Waals surface area contributed by atoms with E-state index in [2.05, 4.69) is 53.7 Å². The number of rotatable bonds is 6. The summed E-state index contributed by atoms with van der Waals surface area (Å²) in [6, 6.07) is 10.1. The van der Waals surface area contributed by atoms with Crippen LogP contribution >= 0.6 is 0 Å². The fourth-order valence-electron chi connectivity index (χ4n) is 3.28. The maximum atomic E-state index is 11.9. The van der Waals surface area contributed by atoms with Crippen molar-refractivity contribution < 1.29 is 9.21 Å². The standard InChI is InChI=1S/C21H27N3O2/c1-4-10-22-21(25)20-9-8-18(26-20)15-23-11-13-24(14-12-23)19-7-5-6-16(2)17(19)3/h4-9H,1,10-15H2,2-3H3,(H,22,25). The quantitative estimate of drug-likeness (QED) is 0.811. The molecule has 0 aliphatic carbocycles. The van der Waals surface area contributed by atoms with E-state index >= 15 is 0 Å². The molecule has 1 aromatic carbocycles. The molecule has 1 aliphatic heterocycles. The average molecular weight is 353 g/mol. The molecule has 1 aromatic heterocycles. The molecule has 3 rings (SSSR count). The molecule has 2 aromatic rings. The molecule has 1 saturated heterocycles. The van der Waals surface area contributed by atoms with Gasteiger partial charge in [0.1, 0.15) is 5.76 Å². The number of carbonyl (C=O) groups is 1. The summed E-state index contributed by atoms with van der Waals surface area (Å²) in [6.45, 7) is 13.1. The van der Waals surface area contributed by atoms with E-state index < -0.39 is 0 Å². The minimum Gasteiger partial charge on any atom is -0.455 e. The van der Waals surface area contributed by atoms with Crippen LogP contribution < -0.4 is 10.2 Å². The molecule has 1 fully saturated rings. The summed E-state index contributed by atoms with van der Waals surface area (Å²) >= 11 is 0. The van der Waals surface area contributed by atoms with E-state index in [0.717, 1.165) is 38.5 Å². The first-order valence-corrected chi connectivity index (χ1v) is 9.10. The summed E-state index contributed by atoms with van der Waals surface area (Å²) in [4.78, 5) is 16.7. The van der Waals surface area contributed by atoms with Gasteiger partial charge in [-0.3, -0.25) is 9.69 Å². The molecule has 0 atom stereocenters. The van der Waals surface area contributed by atoms with Gasteiger partial charge in [-0.05, 0) is 43.2 Å². The number of carbonyl (C=O) groups excluding carboxylic acids is 1. The average Bonchev–Trinajstić information content (AvgIpc) is 3.11. The number of benzene rings is 1. The molecular weight excluding hydrogens is 326 g/mol. The first kappa shape index (κ1) is 18.3. The Balaban J connectivity index is 1.54. The number of hydrogen-bond acceptors (Lipinski definition) is 4. The Morgan fingerprint density at radius 3 is 2.69 bits per heavy atom. The summed E-state index contributed by atoms with van der Waals surface area (Å²) in [5.74, 6) is 0.987. The highest BCUT2D eigenvalue weighted by Crippen LogP contribution is 2.24. The molecule has 1 aliphatic rings. The lowest BCUT2D eigenvalue weighted by Crippen LogP contribution is -2.46. The van der Waals surface area contributed by atoms with Crippen molar-refractivity contribution in [1.82, 2.24) is 10.2 Å². The molecule has 1 N–H and O–H groups in total. The van der Waals surface area contributed by atoms with Gasteiger partial charge in [-0.1, -0.05) is 18.2 Å². The molecule has 0 bridgehead atoms. The topological polar surface area (TPSA) is 48.7 Å². The van der Waals surface area contributed by atoms with Crippen molar-refractivity contribution in [3.8, 4) is 0 Å². The van der Waals surface area contributed by atoms with Crippen LogP contribution in [0.1, 0.15) is 27.4 Å². The Morgan fingerprint density at radius 2 is 1.96 bits per heavy atom. The second-order valence-electron chi connectivity index (χ2n) is 6.75. The molecule has 0 saturated carbocycles. The minimum atomic E-state index is -0.198. The number of hydrogen-bond donors (Lipinski definition) is 1. The number of nitrogens with one attached hydrogen (secondary N) is 1. The van der Waals surface area contributed by atoms with Crippen LogP contribution in [0.4, 0.5) is 5.69 Å². The molecule has 26 heavy (non-hydrogen) atoms. The second kappa shape index (κ2) is 8.23. The number of aryl methyl sites for hydroxylation is 1. The normalized spacial score (nSPS) is 15.1. The third-order valence-electron chi connectivity index (χ3n) is 4.96. The number of anilines is 1. The second-order valence-corrected chi connectivity index (χ2v) is 6.75. The smallest absolute Gasteiger partial charge is 0.287 e. The molecule has 2 heterocycles. The Morgan fingerprint density at radius 1 is 1.19 bits per heavy atom. The predicted octanol–water partition coefficient (Wildman–Crippen LogP) is 3.13. The van der Waals surface area contributed by atoms with E-state index in [0.29, 0.717) is 12.3 Å². The number of amides is 1. The number of nitrogens with zero attached hydrogens (tertiary/aromatic N) is 2. The molecule has 5 heteroatoms. The van der Waals surface area contributed by atoms with Crippen molar-refractivity contribution in [2.75, 3.05) is 37.6 Å². The highest BCUT2D eigenvalue weighted by Gasteiger charge is 2.20. The van der Waals surface area contributed by atoms with Crippen molar-refractivity contribution in [3.63, 3.8) is 0 Å². The zero-order chi connectivity index (χ0) is 18.5. The van der Waals surface area contributed by atoms with Crippen LogP contribution in [0.5, 0.6) is 0 Å². The SMILES string of the molecule is C=CCNC(=O)c1ccc(CN2CCN(c3cccc(C)c3C)CC2)o1. The minimum absolute atomic E-state index is 0.198. The zero-order valence-corrected chi connectivity index (χ0v) is 15.6. The van der Waals surface area contributed by atoms with Gasteiger partial charge in [0.25, 0.3) is 5.91 Å². The Hall–Kier alpha value is -2.53. The Bertz CT molecular complexity index is 773. The van der Waals surface area contributed by atoms with Crippen LogP contribution in [-0.4, -0.2) is 43.5 Å². The van der Waals surface area contributed by atoms with Gasteiger partial charge in [0.2, 0.25) is 0 Å². The van der Waals surface area contributed by atoms with Crippen LogP contribution in [0.3, 0.4) is 0 Å². The fourth-order valence-corrected chi connectivity index (χ4v) is 3.28. The maximum absolute atomic E-state index is 11.9. The summed E-state index contributed by atoms with van der Waals surface area (Å²) < 4.78 is 5.69. The van der Waals surface area contributed by atoms with E-state index in [1.54, 1.807) is 12.1 Å². The summed E-state index contributed by atoms with van der Waals surface area (Å²) in [6.07, 6.45) is 1.65. The lowest BCUT2D eigenvalue weighted by Gasteiger charge is -2.36. The Kier molecular flexibility index (Phi) is 5.78. The summed E-state index contributed by atoms with van der Waals surface area (Å²) in [5, 5.41) is 2.73. The van der Waals surface area contributed by atoms with E-state index in [4.69, 9.17) is 4.42 Å². The van der Waals surface area contributed by atoms with Crippen molar-refractivity contribution in [1.29, 1.82) is 0 Å². The largest absolute Gasteiger partial charge is 0.455 e. The Labute approximate surface area is 155 Å². The van der Waals surface area contributed by atoms with Gasteiger partial charge in [-0.25, -0.2) is 0 Å². The molecule has 0 unspecified atom stereocenters. The van der Waals surface area contributed by atoms with Gasteiger partial charge in [-0.2, -0.15) is 0 Å². The van der Waals surface area contributed by atoms with Gasteiger partial charge in [0, 0.05) is 38.4 Å². The lowest BCUT2D eigenvalue weighted by atomic mass is 10.1. The van der Waals surface area contributed by atoms with Crippen molar-refractivity contribution in [3.05, 3.63) is 65.6 Å². The summed E-state index contributed by atoms with van der Waals surface area (Å²) in [5.41, 5.74) is 4.04. The number of piperazine rings is 1. The van der Waals surface area contributed by atoms with E-state index in [9.17, 15) is 4.79 Å².